The number of anilines is 1. The van der Waals surface area contributed by atoms with Gasteiger partial charge in [0, 0.05) is 23.8 Å². The maximum Gasteiger partial charge on any atom is 0.308 e. The number of esters is 1. The summed E-state index contributed by atoms with van der Waals surface area (Å²) in [5.74, 6) is -0.0904. The highest BCUT2D eigenvalue weighted by Crippen LogP contribution is 2.28. The molecule has 2 aliphatic rings. The third-order valence-corrected chi connectivity index (χ3v) is 5.02. The summed E-state index contributed by atoms with van der Waals surface area (Å²) in [6, 6.07) is 6.03. The second kappa shape index (κ2) is 7.69. The van der Waals surface area contributed by atoms with E-state index in [1.807, 2.05) is 25.1 Å². The Morgan fingerprint density at radius 3 is 2.79 bits per heavy atom. The van der Waals surface area contributed by atoms with E-state index in [4.69, 9.17) is 4.74 Å². The third kappa shape index (κ3) is 3.71. The van der Waals surface area contributed by atoms with Crippen molar-refractivity contribution in [1.82, 2.24) is 5.32 Å². The molecule has 1 aromatic rings. The summed E-state index contributed by atoms with van der Waals surface area (Å²) in [4.78, 5) is 24.5. The molecule has 3 rings (SSSR count). The van der Waals surface area contributed by atoms with Crippen molar-refractivity contribution >= 4 is 17.6 Å². The number of carbonyl (C=O) groups is 2. The predicted molar refractivity (Wildman–Crippen MR) is 93.1 cm³/mol. The molecule has 2 N–H and O–H groups in total. The zero-order valence-electron chi connectivity index (χ0n) is 14.3. The van der Waals surface area contributed by atoms with Crippen LogP contribution in [0.3, 0.4) is 0 Å². The Balaban J connectivity index is 1.58. The second-order valence-electron chi connectivity index (χ2n) is 6.64. The van der Waals surface area contributed by atoms with Gasteiger partial charge in [0.05, 0.1) is 12.5 Å². The molecular formula is C19H26N2O3. The van der Waals surface area contributed by atoms with E-state index in [1.54, 1.807) is 0 Å². The topological polar surface area (TPSA) is 67.4 Å². The third-order valence-electron chi connectivity index (χ3n) is 5.02. The molecule has 0 spiro atoms. The molecule has 0 bridgehead atoms. The number of carbonyl (C=O) groups excluding carboxylic acids is 2. The average molecular weight is 330 g/mol. The minimum absolute atomic E-state index is 0.00760. The van der Waals surface area contributed by atoms with E-state index >= 15 is 0 Å². The Hall–Kier alpha value is -2.04. The summed E-state index contributed by atoms with van der Waals surface area (Å²) in [5.41, 5.74) is 2.99. The maximum absolute atomic E-state index is 12.7. The Morgan fingerprint density at radius 1 is 1.25 bits per heavy atom. The van der Waals surface area contributed by atoms with Crippen LogP contribution in [0.25, 0.3) is 0 Å². The molecule has 1 amide bonds. The van der Waals surface area contributed by atoms with Gasteiger partial charge in [0.25, 0.3) is 5.91 Å². The van der Waals surface area contributed by atoms with Crippen LogP contribution in [0.4, 0.5) is 5.69 Å². The van der Waals surface area contributed by atoms with Gasteiger partial charge in [-0.05, 0) is 63.1 Å². The molecule has 1 saturated carbocycles. The standard InChI is InChI=1S/C19H26N2O3/c1-2-24-19(23)13-8-10-14(11-9-13)21-18(22)16-5-3-7-17-15(16)6-4-12-20-17/h3,5,7,13-14,20H,2,4,6,8-12H2,1H3,(H,21,22). The van der Waals surface area contributed by atoms with Gasteiger partial charge in [-0.1, -0.05) is 6.07 Å². The molecular weight excluding hydrogens is 304 g/mol. The van der Waals surface area contributed by atoms with Crippen LogP contribution in [0.2, 0.25) is 0 Å². The van der Waals surface area contributed by atoms with E-state index < -0.39 is 0 Å². The first-order chi connectivity index (χ1) is 11.7. The fourth-order valence-electron chi connectivity index (χ4n) is 3.72. The van der Waals surface area contributed by atoms with Crippen molar-refractivity contribution in [3.63, 3.8) is 0 Å². The second-order valence-corrected chi connectivity index (χ2v) is 6.64. The monoisotopic (exact) mass is 330 g/mol. The molecule has 130 valence electrons. The summed E-state index contributed by atoms with van der Waals surface area (Å²) in [6.07, 6.45) is 5.25. The van der Waals surface area contributed by atoms with Gasteiger partial charge in [0.15, 0.2) is 0 Å². The lowest BCUT2D eigenvalue weighted by Gasteiger charge is -2.28. The van der Waals surface area contributed by atoms with E-state index in [0.29, 0.717) is 6.61 Å². The minimum Gasteiger partial charge on any atom is -0.466 e. The molecule has 24 heavy (non-hydrogen) atoms. The van der Waals surface area contributed by atoms with Crippen LogP contribution in [-0.2, 0) is 16.0 Å². The van der Waals surface area contributed by atoms with Crippen molar-refractivity contribution in [3.8, 4) is 0 Å². The van der Waals surface area contributed by atoms with Gasteiger partial charge in [0.2, 0.25) is 0 Å². The van der Waals surface area contributed by atoms with Gasteiger partial charge in [-0.15, -0.1) is 0 Å². The van der Waals surface area contributed by atoms with E-state index in [-0.39, 0.29) is 23.8 Å². The lowest BCUT2D eigenvalue weighted by Crippen LogP contribution is -2.39. The Morgan fingerprint density at radius 2 is 2.04 bits per heavy atom. The summed E-state index contributed by atoms with van der Waals surface area (Å²) in [7, 11) is 0. The van der Waals surface area contributed by atoms with E-state index in [9.17, 15) is 9.59 Å². The lowest BCUT2D eigenvalue weighted by molar-refractivity contribution is -0.149. The molecule has 5 nitrogen and oxygen atoms in total. The van der Waals surface area contributed by atoms with Gasteiger partial charge >= 0.3 is 5.97 Å². The molecule has 0 saturated heterocycles. The fraction of sp³-hybridized carbons (Fsp3) is 0.579. The van der Waals surface area contributed by atoms with Crippen molar-refractivity contribution in [3.05, 3.63) is 29.3 Å². The van der Waals surface area contributed by atoms with Gasteiger partial charge in [-0.2, -0.15) is 0 Å². The molecule has 0 radical (unpaired) electrons. The number of ether oxygens (including phenoxy) is 1. The SMILES string of the molecule is CCOC(=O)C1CCC(NC(=O)c2cccc3c2CCCN3)CC1. The highest BCUT2D eigenvalue weighted by molar-refractivity contribution is 5.97. The fourth-order valence-corrected chi connectivity index (χ4v) is 3.72. The first-order valence-corrected chi connectivity index (χ1v) is 9.02. The van der Waals surface area contributed by atoms with Crippen molar-refractivity contribution in [2.75, 3.05) is 18.5 Å². The number of amides is 1. The van der Waals surface area contributed by atoms with Gasteiger partial charge < -0.3 is 15.4 Å². The van der Waals surface area contributed by atoms with Crippen LogP contribution < -0.4 is 10.6 Å². The minimum atomic E-state index is -0.0921. The van der Waals surface area contributed by atoms with Crippen molar-refractivity contribution in [1.29, 1.82) is 0 Å². The zero-order valence-corrected chi connectivity index (χ0v) is 14.3. The first-order valence-electron chi connectivity index (χ1n) is 9.02. The molecule has 1 aliphatic heterocycles. The Labute approximate surface area is 143 Å². The highest BCUT2D eigenvalue weighted by atomic mass is 16.5. The summed E-state index contributed by atoms with van der Waals surface area (Å²) in [5, 5.41) is 6.52. The zero-order chi connectivity index (χ0) is 16.9. The van der Waals surface area contributed by atoms with Gasteiger partial charge in [-0.3, -0.25) is 9.59 Å². The first kappa shape index (κ1) is 16.8. The average Bonchev–Trinajstić information content (AvgIpc) is 2.62. The molecule has 1 aliphatic carbocycles. The summed E-state index contributed by atoms with van der Waals surface area (Å²) >= 11 is 0. The van der Waals surface area contributed by atoms with Crippen LogP contribution in [0.15, 0.2) is 18.2 Å². The van der Waals surface area contributed by atoms with Crippen molar-refractivity contribution in [2.24, 2.45) is 5.92 Å². The number of fused-ring (bicyclic) bond motifs is 1. The highest BCUT2D eigenvalue weighted by Gasteiger charge is 2.28. The van der Waals surface area contributed by atoms with Gasteiger partial charge in [0.1, 0.15) is 0 Å². The van der Waals surface area contributed by atoms with Crippen LogP contribution in [0.1, 0.15) is 54.9 Å². The molecule has 1 heterocycles. The molecule has 1 fully saturated rings. The summed E-state index contributed by atoms with van der Waals surface area (Å²) < 4.78 is 5.10. The molecule has 0 atom stereocenters. The van der Waals surface area contributed by atoms with E-state index in [2.05, 4.69) is 10.6 Å². The van der Waals surface area contributed by atoms with Crippen LogP contribution >= 0.6 is 0 Å². The van der Waals surface area contributed by atoms with Crippen molar-refractivity contribution < 1.29 is 14.3 Å². The summed E-state index contributed by atoms with van der Waals surface area (Å²) in [6.45, 7) is 3.23. The Bertz CT molecular complexity index is 607. The Kier molecular flexibility index (Phi) is 5.38. The number of hydrogen-bond donors (Lipinski definition) is 2. The van der Waals surface area contributed by atoms with Crippen molar-refractivity contribution in [2.45, 2.75) is 51.5 Å². The number of nitrogens with one attached hydrogen (secondary N) is 2. The van der Waals surface area contributed by atoms with Crippen LogP contribution in [-0.4, -0.2) is 31.1 Å². The lowest BCUT2D eigenvalue weighted by atomic mass is 9.86. The predicted octanol–water partition coefficient (Wildman–Crippen LogP) is 2.90. The van der Waals surface area contributed by atoms with E-state index in [0.717, 1.165) is 61.9 Å². The number of benzene rings is 1. The quantitative estimate of drug-likeness (QED) is 0.833. The molecule has 0 unspecified atom stereocenters. The van der Waals surface area contributed by atoms with E-state index in [1.165, 1.54) is 0 Å². The van der Waals surface area contributed by atoms with Gasteiger partial charge in [-0.25, -0.2) is 0 Å². The molecule has 1 aromatic carbocycles. The maximum atomic E-state index is 12.7. The molecule has 0 aromatic heterocycles. The number of hydrogen-bond acceptors (Lipinski definition) is 4. The largest absolute Gasteiger partial charge is 0.466 e. The number of rotatable bonds is 4. The normalized spacial score (nSPS) is 22.9. The van der Waals surface area contributed by atoms with Crippen LogP contribution in [0.5, 0.6) is 0 Å². The molecule has 5 heteroatoms. The smallest absolute Gasteiger partial charge is 0.308 e. The van der Waals surface area contributed by atoms with Crippen LogP contribution in [0, 0.1) is 5.92 Å².